The Morgan fingerprint density at radius 2 is 1.77 bits per heavy atom. The minimum Gasteiger partial charge on any atom is -0.494 e. The van der Waals surface area contributed by atoms with Crippen molar-refractivity contribution in [2.75, 3.05) is 6.61 Å². The quantitative estimate of drug-likeness (QED) is 0.336. The molecule has 0 bridgehead atoms. The van der Waals surface area contributed by atoms with Gasteiger partial charge in [-0.05, 0) is 62.4 Å². The van der Waals surface area contributed by atoms with E-state index in [4.69, 9.17) is 27.9 Å². The maximum atomic E-state index is 13.4. The first-order valence-corrected chi connectivity index (χ1v) is 13.4. The highest BCUT2D eigenvalue weighted by molar-refractivity contribution is 6.42. The lowest BCUT2D eigenvalue weighted by atomic mass is 9.95. The van der Waals surface area contributed by atoms with Crippen LogP contribution < -0.4 is 10.1 Å². The van der Waals surface area contributed by atoms with Gasteiger partial charge in [0.1, 0.15) is 11.8 Å². The maximum Gasteiger partial charge on any atom is 0.243 e. The molecule has 7 heteroatoms. The smallest absolute Gasteiger partial charge is 0.243 e. The van der Waals surface area contributed by atoms with E-state index in [-0.39, 0.29) is 17.9 Å². The van der Waals surface area contributed by atoms with Gasteiger partial charge in [0.25, 0.3) is 0 Å². The molecule has 1 atom stereocenters. The average molecular weight is 520 g/mol. The molecular formula is C28H36Cl2N2O3. The van der Waals surface area contributed by atoms with Gasteiger partial charge in [-0.15, -0.1) is 0 Å². The number of benzene rings is 2. The van der Waals surface area contributed by atoms with Crippen molar-refractivity contribution in [3.63, 3.8) is 0 Å². The van der Waals surface area contributed by atoms with Crippen molar-refractivity contribution in [3.05, 3.63) is 63.6 Å². The fraction of sp³-hybridized carbons (Fsp3) is 0.500. The van der Waals surface area contributed by atoms with Gasteiger partial charge < -0.3 is 15.0 Å². The van der Waals surface area contributed by atoms with Gasteiger partial charge in [0.05, 0.1) is 16.7 Å². The number of nitrogens with zero attached hydrogens (tertiary/aromatic N) is 1. The number of hydrogen-bond donors (Lipinski definition) is 1. The maximum absolute atomic E-state index is 13.4. The van der Waals surface area contributed by atoms with Crippen LogP contribution in [0.3, 0.4) is 0 Å². The number of nitrogens with one attached hydrogen (secondary N) is 1. The molecule has 0 saturated heterocycles. The van der Waals surface area contributed by atoms with Gasteiger partial charge in [-0.1, -0.05) is 73.2 Å². The zero-order valence-corrected chi connectivity index (χ0v) is 22.2. The van der Waals surface area contributed by atoms with E-state index in [9.17, 15) is 9.59 Å². The SMILES string of the molecule is CCC(C(=O)NC1CCCCC1)N(Cc1ccc(Cl)c(Cl)c1)C(=O)CCCOc1ccc(C)cc1. The number of hydrogen-bond acceptors (Lipinski definition) is 3. The predicted octanol–water partition coefficient (Wildman–Crippen LogP) is 6.72. The van der Waals surface area contributed by atoms with Crippen LogP contribution in [0, 0.1) is 6.92 Å². The Balaban J connectivity index is 1.67. The first kappa shape index (κ1) is 27.3. The van der Waals surface area contributed by atoms with E-state index >= 15 is 0 Å². The summed E-state index contributed by atoms with van der Waals surface area (Å²) < 4.78 is 5.79. The highest BCUT2D eigenvalue weighted by Gasteiger charge is 2.30. The lowest BCUT2D eigenvalue weighted by Crippen LogP contribution is -2.51. The van der Waals surface area contributed by atoms with Crippen LogP contribution in [0.1, 0.15) is 69.4 Å². The Bertz CT molecular complexity index is 975. The van der Waals surface area contributed by atoms with Crippen LogP contribution >= 0.6 is 23.2 Å². The largest absolute Gasteiger partial charge is 0.494 e. The minimum absolute atomic E-state index is 0.0748. The summed E-state index contributed by atoms with van der Waals surface area (Å²) in [6.45, 7) is 4.70. The lowest BCUT2D eigenvalue weighted by molar-refractivity contribution is -0.142. The number of rotatable bonds is 11. The van der Waals surface area contributed by atoms with Gasteiger partial charge in [-0.2, -0.15) is 0 Å². The second-order valence-corrected chi connectivity index (χ2v) is 10.1. The van der Waals surface area contributed by atoms with E-state index in [1.807, 2.05) is 44.2 Å². The van der Waals surface area contributed by atoms with Crippen LogP contribution in [0.25, 0.3) is 0 Å². The highest BCUT2D eigenvalue weighted by atomic mass is 35.5. The number of ether oxygens (including phenoxy) is 1. The van der Waals surface area contributed by atoms with Crippen LogP contribution in [-0.4, -0.2) is 35.4 Å². The van der Waals surface area contributed by atoms with E-state index in [1.165, 1.54) is 12.0 Å². The van der Waals surface area contributed by atoms with Crippen LogP contribution in [0.2, 0.25) is 10.0 Å². The first-order valence-electron chi connectivity index (χ1n) is 12.6. The standard InChI is InChI=1S/C28H36Cl2N2O3/c1-3-26(28(34)31-22-8-5-4-6-9-22)32(19-21-13-16-24(29)25(30)18-21)27(33)10-7-17-35-23-14-11-20(2)12-15-23/h11-16,18,22,26H,3-10,17,19H2,1-2H3,(H,31,34). The van der Waals surface area contributed by atoms with Crippen molar-refractivity contribution in [2.24, 2.45) is 0 Å². The number of carbonyl (C=O) groups excluding carboxylic acids is 2. The summed E-state index contributed by atoms with van der Waals surface area (Å²) in [5.41, 5.74) is 2.01. The van der Waals surface area contributed by atoms with E-state index in [1.54, 1.807) is 17.0 Å². The number of amides is 2. The topological polar surface area (TPSA) is 58.6 Å². The van der Waals surface area contributed by atoms with Gasteiger partial charge in [-0.3, -0.25) is 9.59 Å². The van der Waals surface area contributed by atoms with Crippen molar-refractivity contribution in [1.29, 1.82) is 0 Å². The number of aryl methyl sites for hydroxylation is 1. The number of carbonyl (C=O) groups is 2. The molecule has 1 aliphatic rings. The molecule has 1 N–H and O–H groups in total. The van der Waals surface area contributed by atoms with Gasteiger partial charge in [0.15, 0.2) is 0 Å². The van der Waals surface area contributed by atoms with E-state index in [0.29, 0.717) is 42.5 Å². The van der Waals surface area contributed by atoms with Gasteiger partial charge in [-0.25, -0.2) is 0 Å². The molecule has 1 fully saturated rings. The monoisotopic (exact) mass is 518 g/mol. The molecule has 0 aromatic heterocycles. The third-order valence-electron chi connectivity index (χ3n) is 6.50. The first-order chi connectivity index (χ1) is 16.9. The van der Waals surface area contributed by atoms with Crippen molar-refractivity contribution in [3.8, 4) is 5.75 Å². The fourth-order valence-electron chi connectivity index (χ4n) is 4.49. The van der Waals surface area contributed by atoms with Crippen LogP contribution in [0.5, 0.6) is 5.75 Å². The molecule has 2 aromatic rings. The summed E-state index contributed by atoms with van der Waals surface area (Å²) in [6.07, 6.45) is 6.87. The van der Waals surface area contributed by atoms with Gasteiger partial charge >= 0.3 is 0 Å². The van der Waals surface area contributed by atoms with Crippen LogP contribution in [-0.2, 0) is 16.1 Å². The molecule has 190 valence electrons. The normalized spacial score (nSPS) is 14.9. The number of halogens is 2. The van der Waals surface area contributed by atoms with Gasteiger partial charge in [0.2, 0.25) is 11.8 Å². The van der Waals surface area contributed by atoms with E-state index in [2.05, 4.69) is 5.32 Å². The second kappa shape index (κ2) is 13.7. The van der Waals surface area contributed by atoms with Gasteiger partial charge in [0, 0.05) is 19.0 Å². The average Bonchev–Trinajstić information content (AvgIpc) is 2.85. The Hall–Kier alpha value is -2.24. The Morgan fingerprint density at radius 3 is 2.43 bits per heavy atom. The molecule has 1 unspecified atom stereocenters. The molecule has 35 heavy (non-hydrogen) atoms. The molecule has 2 amide bonds. The molecule has 1 aliphatic carbocycles. The molecule has 1 saturated carbocycles. The molecule has 3 rings (SSSR count). The zero-order chi connectivity index (χ0) is 25.2. The van der Waals surface area contributed by atoms with Crippen LogP contribution in [0.4, 0.5) is 0 Å². The van der Waals surface area contributed by atoms with Crippen molar-refractivity contribution in [2.45, 2.75) is 83.8 Å². The molecule has 0 heterocycles. The van der Waals surface area contributed by atoms with Crippen molar-refractivity contribution < 1.29 is 14.3 Å². The van der Waals surface area contributed by atoms with E-state index in [0.717, 1.165) is 37.0 Å². The molecular weight excluding hydrogens is 483 g/mol. The summed E-state index contributed by atoms with van der Waals surface area (Å²) in [7, 11) is 0. The predicted molar refractivity (Wildman–Crippen MR) is 142 cm³/mol. The third-order valence-corrected chi connectivity index (χ3v) is 7.24. The summed E-state index contributed by atoms with van der Waals surface area (Å²) in [5, 5.41) is 4.09. The van der Waals surface area contributed by atoms with Crippen molar-refractivity contribution in [1.82, 2.24) is 10.2 Å². The molecule has 0 aliphatic heterocycles. The zero-order valence-electron chi connectivity index (χ0n) is 20.7. The molecule has 0 radical (unpaired) electrons. The Morgan fingerprint density at radius 1 is 1.06 bits per heavy atom. The van der Waals surface area contributed by atoms with Crippen molar-refractivity contribution >= 4 is 35.0 Å². The van der Waals surface area contributed by atoms with E-state index < -0.39 is 6.04 Å². The second-order valence-electron chi connectivity index (χ2n) is 9.30. The third kappa shape index (κ3) is 8.43. The minimum atomic E-state index is -0.545. The summed E-state index contributed by atoms with van der Waals surface area (Å²) in [4.78, 5) is 28.3. The summed E-state index contributed by atoms with van der Waals surface area (Å²) in [6, 6.07) is 12.8. The Labute approximate surface area is 219 Å². The lowest BCUT2D eigenvalue weighted by Gasteiger charge is -2.33. The molecule has 5 nitrogen and oxygen atoms in total. The fourth-order valence-corrected chi connectivity index (χ4v) is 4.81. The molecule has 0 spiro atoms. The summed E-state index contributed by atoms with van der Waals surface area (Å²) >= 11 is 12.3. The Kier molecular flexibility index (Phi) is 10.7. The summed E-state index contributed by atoms with van der Waals surface area (Å²) in [5.74, 6) is 0.631. The van der Waals surface area contributed by atoms with Crippen LogP contribution in [0.15, 0.2) is 42.5 Å². The highest BCUT2D eigenvalue weighted by Crippen LogP contribution is 2.25. The molecule has 2 aromatic carbocycles.